The van der Waals surface area contributed by atoms with Gasteiger partial charge in [0.05, 0.1) is 0 Å². The van der Waals surface area contributed by atoms with Crippen LogP contribution < -0.4 is 11.1 Å². The Hall–Kier alpha value is -1.86. The molecular weight excluding hydrogens is 362 g/mol. The summed E-state index contributed by atoms with van der Waals surface area (Å²) in [5.74, 6) is -2.41. The zero-order valence-electron chi connectivity index (χ0n) is 10.5. The highest BCUT2D eigenvalue weighted by Crippen LogP contribution is 2.24. The Kier molecular flexibility index (Phi) is 4.64. The number of benzene rings is 2. The van der Waals surface area contributed by atoms with Crippen LogP contribution in [0, 0.1) is 11.6 Å². The zero-order chi connectivity index (χ0) is 15.6. The Morgan fingerprint density at radius 3 is 2.29 bits per heavy atom. The van der Waals surface area contributed by atoms with Crippen molar-refractivity contribution in [3.63, 3.8) is 0 Å². The largest absolute Gasteiger partial charge is 0.389 e. The Morgan fingerprint density at radius 2 is 1.71 bits per heavy atom. The highest BCUT2D eigenvalue weighted by molar-refractivity contribution is 9.10. The lowest BCUT2D eigenvalue weighted by molar-refractivity contribution is 0.102. The SMILES string of the molecule is NC(=S)c1cccc(C(=O)Nc2c(F)cc(Br)cc2F)c1. The Balaban J connectivity index is 2.30. The molecule has 0 unspecified atom stereocenters. The molecule has 21 heavy (non-hydrogen) atoms. The van der Waals surface area contributed by atoms with Crippen LogP contribution in [0.2, 0.25) is 0 Å². The van der Waals surface area contributed by atoms with Crippen molar-refractivity contribution in [2.45, 2.75) is 0 Å². The van der Waals surface area contributed by atoms with Gasteiger partial charge in [-0.3, -0.25) is 4.79 Å². The van der Waals surface area contributed by atoms with Gasteiger partial charge in [0.2, 0.25) is 0 Å². The monoisotopic (exact) mass is 370 g/mol. The molecule has 0 aromatic heterocycles. The van der Waals surface area contributed by atoms with Crippen LogP contribution in [-0.4, -0.2) is 10.9 Å². The van der Waals surface area contributed by atoms with E-state index < -0.39 is 23.2 Å². The van der Waals surface area contributed by atoms with E-state index >= 15 is 0 Å². The number of carbonyl (C=O) groups excluding carboxylic acids is 1. The van der Waals surface area contributed by atoms with Crippen molar-refractivity contribution in [2.24, 2.45) is 5.73 Å². The van der Waals surface area contributed by atoms with E-state index in [4.69, 9.17) is 18.0 Å². The van der Waals surface area contributed by atoms with Crippen molar-refractivity contribution in [3.8, 4) is 0 Å². The fourth-order valence-corrected chi connectivity index (χ4v) is 2.19. The summed E-state index contributed by atoms with van der Waals surface area (Å²) < 4.78 is 27.6. The highest BCUT2D eigenvalue weighted by Gasteiger charge is 2.15. The lowest BCUT2D eigenvalue weighted by Crippen LogP contribution is -2.16. The van der Waals surface area contributed by atoms with Gasteiger partial charge in [-0.1, -0.05) is 40.3 Å². The van der Waals surface area contributed by atoms with Gasteiger partial charge in [0, 0.05) is 15.6 Å². The molecule has 0 saturated carbocycles. The van der Waals surface area contributed by atoms with Crippen LogP contribution in [0.4, 0.5) is 14.5 Å². The minimum absolute atomic E-state index is 0.130. The molecule has 3 N–H and O–H groups in total. The van der Waals surface area contributed by atoms with E-state index in [-0.39, 0.29) is 15.0 Å². The highest BCUT2D eigenvalue weighted by atomic mass is 79.9. The molecule has 0 radical (unpaired) electrons. The standard InChI is InChI=1S/C14H9BrF2N2OS/c15-9-5-10(16)12(11(17)6-9)19-14(20)8-3-1-2-7(4-8)13(18)21/h1-6H,(H2,18,21)(H,19,20). The summed E-state index contributed by atoms with van der Waals surface area (Å²) in [6, 6.07) is 8.28. The summed E-state index contributed by atoms with van der Waals surface area (Å²) in [4.78, 5) is 12.2. The normalized spacial score (nSPS) is 10.2. The van der Waals surface area contributed by atoms with Crippen molar-refractivity contribution in [2.75, 3.05) is 5.32 Å². The van der Waals surface area contributed by atoms with E-state index in [2.05, 4.69) is 21.2 Å². The first-order valence-electron chi connectivity index (χ1n) is 5.74. The van der Waals surface area contributed by atoms with Crippen LogP contribution in [0.25, 0.3) is 0 Å². The number of thiocarbonyl (C=S) groups is 1. The maximum absolute atomic E-state index is 13.7. The Labute approximate surface area is 133 Å². The topological polar surface area (TPSA) is 55.1 Å². The molecule has 1 amide bonds. The third kappa shape index (κ3) is 3.62. The lowest BCUT2D eigenvalue weighted by atomic mass is 10.1. The molecule has 108 valence electrons. The number of anilines is 1. The molecule has 0 aliphatic rings. The van der Waals surface area contributed by atoms with Gasteiger partial charge >= 0.3 is 0 Å². The molecule has 2 aromatic carbocycles. The van der Waals surface area contributed by atoms with Gasteiger partial charge in [-0.2, -0.15) is 0 Å². The third-order valence-corrected chi connectivity index (χ3v) is 3.35. The number of carbonyl (C=O) groups is 1. The summed E-state index contributed by atoms with van der Waals surface area (Å²) in [6.45, 7) is 0. The first-order valence-corrected chi connectivity index (χ1v) is 6.94. The Bertz CT molecular complexity index is 714. The van der Waals surface area contributed by atoms with Crippen molar-refractivity contribution in [1.29, 1.82) is 0 Å². The quantitative estimate of drug-likeness (QED) is 0.811. The van der Waals surface area contributed by atoms with Crippen LogP contribution in [0.3, 0.4) is 0 Å². The number of rotatable bonds is 3. The smallest absolute Gasteiger partial charge is 0.255 e. The Morgan fingerprint density at radius 1 is 1.14 bits per heavy atom. The van der Waals surface area contributed by atoms with E-state index in [0.717, 1.165) is 12.1 Å². The second kappa shape index (κ2) is 6.28. The molecule has 3 nitrogen and oxygen atoms in total. The first kappa shape index (κ1) is 15.5. The van der Waals surface area contributed by atoms with Gasteiger partial charge in [0.1, 0.15) is 10.7 Å². The maximum atomic E-state index is 13.7. The summed E-state index contributed by atoms with van der Waals surface area (Å²) >= 11 is 7.78. The van der Waals surface area contributed by atoms with Crippen LogP contribution in [0.15, 0.2) is 40.9 Å². The molecule has 0 heterocycles. The molecule has 0 atom stereocenters. The number of amides is 1. The van der Waals surface area contributed by atoms with Crippen molar-refractivity contribution in [3.05, 3.63) is 63.6 Å². The number of nitrogens with two attached hydrogens (primary N) is 1. The molecule has 7 heteroatoms. The molecule has 0 aliphatic carbocycles. The minimum Gasteiger partial charge on any atom is -0.389 e. The summed E-state index contributed by atoms with van der Waals surface area (Å²) in [5, 5.41) is 2.19. The fourth-order valence-electron chi connectivity index (χ4n) is 1.66. The number of halogens is 3. The van der Waals surface area contributed by atoms with Gasteiger partial charge in [0.15, 0.2) is 11.6 Å². The van der Waals surface area contributed by atoms with Gasteiger partial charge < -0.3 is 11.1 Å². The van der Waals surface area contributed by atoms with Crippen molar-refractivity contribution in [1.82, 2.24) is 0 Å². The molecule has 0 aliphatic heterocycles. The van der Waals surface area contributed by atoms with Crippen LogP contribution in [0.5, 0.6) is 0 Å². The summed E-state index contributed by atoms with van der Waals surface area (Å²) in [5.41, 5.74) is 5.66. The van der Waals surface area contributed by atoms with E-state index in [1.54, 1.807) is 12.1 Å². The van der Waals surface area contributed by atoms with Crippen molar-refractivity contribution < 1.29 is 13.6 Å². The van der Waals surface area contributed by atoms with E-state index in [1.807, 2.05) is 0 Å². The second-order valence-electron chi connectivity index (χ2n) is 4.14. The molecule has 0 saturated heterocycles. The average molecular weight is 371 g/mol. The van der Waals surface area contributed by atoms with Gasteiger partial charge in [-0.15, -0.1) is 0 Å². The van der Waals surface area contributed by atoms with Gasteiger partial charge in [-0.05, 0) is 24.3 Å². The van der Waals surface area contributed by atoms with Gasteiger partial charge in [0.25, 0.3) is 5.91 Å². The number of nitrogens with one attached hydrogen (secondary N) is 1. The molecule has 0 spiro atoms. The summed E-state index contributed by atoms with van der Waals surface area (Å²) in [6.07, 6.45) is 0. The molecule has 0 bridgehead atoms. The number of hydrogen-bond acceptors (Lipinski definition) is 2. The van der Waals surface area contributed by atoms with E-state index in [1.165, 1.54) is 12.1 Å². The molecule has 2 rings (SSSR count). The number of hydrogen-bond donors (Lipinski definition) is 2. The minimum atomic E-state index is -0.874. The molecule has 0 fully saturated rings. The molecule has 2 aromatic rings. The average Bonchev–Trinajstić information content (AvgIpc) is 2.42. The fraction of sp³-hybridized carbons (Fsp3) is 0. The summed E-state index contributed by atoms with van der Waals surface area (Å²) in [7, 11) is 0. The zero-order valence-corrected chi connectivity index (χ0v) is 12.9. The second-order valence-corrected chi connectivity index (χ2v) is 5.50. The first-order chi connectivity index (χ1) is 9.88. The van der Waals surface area contributed by atoms with Crippen LogP contribution in [-0.2, 0) is 0 Å². The van der Waals surface area contributed by atoms with Crippen LogP contribution in [0.1, 0.15) is 15.9 Å². The van der Waals surface area contributed by atoms with E-state index in [0.29, 0.717) is 5.56 Å². The van der Waals surface area contributed by atoms with Crippen LogP contribution >= 0.6 is 28.1 Å². The van der Waals surface area contributed by atoms with Crippen molar-refractivity contribution >= 4 is 44.7 Å². The predicted octanol–water partition coefficient (Wildman–Crippen LogP) is 3.61. The molecular formula is C14H9BrF2N2OS. The maximum Gasteiger partial charge on any atom is 0.255 e. The lowest BCUT2D eigenvalue weighted by Gasteiger charge is -2.09. The predicted molar refractivity (Wildman–Crippen MR) is 84.3 cm³/mol. The van der Waals surface area contributed by atoms with Gasteiger partial charge in [-0.25, -0.2) is 8.78 Å². The van der Waals surface area contributed by atoms with E-state index in [9.17, 15) is 13.6 Å². The third-order valence-electron chi connectivity index (χ3n) is 2.65.